The first-order valence-corrected chi connectivity index (χ1v) is 7.44. The van der Waals surface area contributed by atoms with Crippen LogP contribution >= 0.6 is 46.6 Å². The molecular weight excluding hydrogens is 398 g/mol. The molecule has 1 fully saturated rings. The lowest BCUT2D eigenvalue weighted by Crippen LogP contribution is -2.56. The first-order chi connectivity index (χ1) is 8.49. The second kappa shape index (κ2) is 7.11. The highest BCUT2D eigenvalue weighted by Crippen LogP contribution is 2.21. The largest absolute Gasteiger partial charge is 0.333 e. The highest BCUT2D eigenvalue weighted by atomic mass is 127. The quantitative estimate of drug-likeness (QED) is 0.715. The van der Waals surface area contributed by atoms with E-state index in [2.05, 4.69) is 41.8 Å². The van der Waals surface area contributed by atoms with Crippen LogP contribution in [-0.2, 0) is 0 Å². The Kier molecular flexibility index (Phi) is 6.36. The van der Waals surface area contributed by atoms with Crippen molar-refractivity contribution in [2.75, 3.05) is 13.1 Å². The lowest BCUT2D eigenvalue weighted by molar-refractivity contribution is 0.0615. The summed E-state index contributed by atoms with van der Waals surface area (Å²) in [5, 5.41) is 3.98. The van der Waals surface area contributed by atoms with Gasteiger partial charge < -0.3 is 10.2 Å². The monoisotopic (exact) mass is 414 g/mol. The van der Waals surface area contributed by atoms with Gasteiger partial charge in [0.25, 0.3) is 5.91 Å². The molecule has 3 nitrogen and oxygen atoms in total. The molecule has 2 atom stereocenters. The van der Waals surface area contributed by atoms with Crippen LogP contribution in [0.25, 0.3) is 0 Å². The molecule has 1 aromatic carbocycles. The van der Waals surface area contributed by atoms with Gasteiger partial charge in [-0.3, -0.25) is 4.79 Å². The summed E-state index contributed by atoms with van der Waals surface area (Å²) in [6.45, 7) is 5.73. The molecular formula is C13H17Cl2IN2O. The zero-order valence-corrected chi connectivity index (χ0v) is 14.6. The molecule has 106 valence electrons. The highest BCUT2D eigenvalue weighted by molar-refractivity contribution is 14.1. The van der Waals surface area contributed by atoms with Crippen molar-refractivity contribution >= 4 is 52.5 Å². The van der Waals surface area contributed by atoms with Crippen LogP contribution in [0.2, 0.25) is 5.02 Å². The summed E-state index contributed by atoms with van der Waals surface area (Å²) < 4.78 is 0.945. The summed E-state index contributed by atoms with van der Waals surface area (Å²) in [5.41, 5.74) is 0.698. The maximum absolute atomic E-state index is 12.6. The number of nitrogens with zero attached hydrogens (tertiary/aromatic N) is 1. The molecule has 1 aliphatic heterocycles. The average molecular weight is 415 g/mol. The van der Waals surface area contributed by atoms with Gasteiger partial charge in [0.05, 0.1) is 5.56 Å². The summed E-state index contributed by atoms with van der Waals surface area (Å²) in [6, 6.07) is 5.99. The molecule has 0 spiro atoms. The van der Waals surface area contributed by atoms with Gasteiger partial charge in [0.2, 0.25) is 0 Å². The molecule has 0 radical (unpaired) electrons. The Morgan fingerprint density at radius 1 is 1.47 bits per heavy atom. The molecule has 0 bridgehead atoms. The molecule has 1 aromatic rings. The van der Waals surface area contributed by atoms with Crippen LogP contribution in [0.5, 0.6) is 0 Å². The Bertz CT molecular complexity index is 470. The number of carbonyl (C=O) groups is 1. The van der Waals surface area contributed by atoms with Crippen LogP contribution in [0, 0.1) is 3.57 Å². The SMILES string of the molecule is CC1CN(C(=O)c2cc(Cl)ccc2I)C(C)CN1.Cl. The van der Waals surface area contributed by atoms with Gasteiger partial charge in [0.1, 0.15) is 0 Å². The van der Waals surface area contributed by atoms with Gasteiger partial charge in [-0.15, -0.1) is 12.4 Å². The molecule has 1 amide bonds. The molecule has 0 aromatic heterocycles. The third-order valence-electron chi connectivity index (χ3n) is 3.18. The number of amides is 1. The zero-order chi connectivity index (χ0) is 13.3. The first kappa shape index (κ1) is 17.0. The molecule has 6 heteroatoms. The number of benzene rings is 1. The van der Waals surface area contributed by atoms with E-state index in [1.165, 1.54) is 0 Å². The molecule has 1 N–H and O–H groups in total. The number of carbonyl (C=O) groups excluding carboxylic acids is 1. The molecule has 2 unspecified atom stereocenters. The Labute approximate surface area is 138 Å². The summed E-state index contributed by atoms with van der Waals surface area (Å²) in [5.74, 6) is 0.0720. The summed E-state index contributed by atoms with van der Waals surface area (Å²) in [6.07, 6.45) is 0. The van der Waals surface area contributed by atoms with E-state index in [9.17, 15) is 4.79 Å². The van der Waals surface area contributed by atoms with Crippen LogP contribution in [-0.4, -0.2) is 36.0 Å². The van der Waals surface area contributed by atoms with Gasteiger partial charge in [0, 0.05) is 33.8 Å². The highest BCUT2D eigenvalue weighted by Gasteiger charge is 2.28. The zero-order valence-electron chi connectivity index (χ0n) is 10.8. The van der Waals surface area contributed by atoms with Crippen LogP contribution in [0.15, 0.2) is 18.2 Å². The van der Waals surface area contributed by atoms with E-state index in [1.54, 1.807) is 6.07 Å². The number of piperazine rings is 1. The van der Waals surface area contributed by atoms with Crippen molar-refractivity contribution in [2.45, 2.75) is 25.9 Å². The van der Waals surface area contributed by atoms with Gasteiger partial charge in [-0.25, -0.2) is 0 Å². The third-order valence-corrected chi connectivity index (χ3v) is 4.36. The molecule has 1 heterocycles. The molecule has 1 aliphatic rings. The fraction of sp³-hybridized carbons (Fsp3) is 0.462. The van der Waals surface area contributed by atoms with Crippen LogP contribution < -0.4 is 5.32 Å². The molecule has 0 aliphatic carbocycles. The van der Waals surface area contributed by atoms with E-state index >= 15 is 0 Å². The van der Waals surface area contributed by atoms with Gasteiger partial charge in [-0.05, 0) is 54.6 Å². The Morgan fingerprint density at radius 3 is 2.84 bits per heavy atom. The van der Waals surface area contributed by atoms with E-state index < -0.39 is 0 Å². The van der Waals surface area contributed by atoms with Crippen molar-refractivity contribution in [3.05, 3.63) is 32.4 Å². The van der Waals surface area contributed by atoms with Crippen molar-refractivity contribution in [3.8, 4) is 0 Å². The molecule has 19 heavy (non-hydrogen) atoms. The number of hydrogen-bond acceptors (Lipinski definition) is 2. The lowest BCUT2D eigenvalue weighted by Gasteiger charge is -2.37. The van der Waals surface area contributed by atoms with E-state index in [0.717, 1.165) is 16.7 Å². The van der Waals surface area contributed by atoms with Crippen LogP contribution in [0.3, 0.4) is 0 Å². The Balaban J connectivity index is 0.00000180. The summed E-state index contributed by atoms with van der Waals surface area (Å²) >= 11 is 8.16. The number of hydrogen-bond donors (Lipinski definition) is 1. The van der Waals surface area contributed by atoms with Gasteiger partial charge in [-0.1, -0.05) is 11.6 Å². The Morgan fingerprint density at radius 2 is 2.16 bits per heavy atom. The number of halogens is 3. The van der Waals surface area contributed by atoms with Gasteiger partial charge >= 0.3 is 0 Å². The van der Waals surface area contributed by atoms with Crippen molar-refractivity contribution in [1.29, 1.82) is 0 Å². The van der Waals surface area contributed by atoms with Crippen molar-refractivity contribution in [2.24, 2.45) is 0 Å². The van der Waals surface area contributed by atoms with E-state index in [0.29, 0.717) is 16.6 Å². The molecule has 1 saturated heterocycles. The summed E-state index contributed by atoms with van der Waals surface area (Å²) in [7, 11) is 0. The minimum Gasteiger partial charge on any atom is -0.333 e. The molecule has 0 saturated carbocycles. The normalized spacial score (nSPS) is 22.8. The van der Waals surface area contributed by atoms with Gasteiger partial charge in [-0.2, -0.15) is 0 Å². The maximum atomic E-state index is 12.6. The van der Waals surface area contributed by atoms with E-state index in [-0.39, 0.29) is 24.4 Å². The third kappa shape index (κ3) is 3.97. The van der Waals surface area contributed by atoms with Crippen molar-refractivity contribution in [3.63, 3.8) is 0 Å². The van der Waals surface area contributed by atoms with E-state index in [4.69, 9.17) is 11.6 Å². The van der Waals surface area contributed by atoms with Crippen LogP contribution in [0.4, 0.5) is 0 Å². The fourth-order valence-electron chi connectivity index (χ4n) is 2.12. The Hall–Kier alpha value is -0.0400. The smallest absolute Gasteiger partial charge is 0.255 e. The second-order valence-corrected chi connectivity index (χ2v) is 6.34. The topological polar surface area (TPSA) is 32.3 Å². The summed E-state index contributed by atoms with van der Waals surface area (Å²) in [4.78, 5) is 14.5. The number of nitrogens with one attached hydrogen (secondary N) is 1. The predicted molar refractivity (Wildman–Crippen MR) is 89.4 cm³/mol. The van der Waals surface area contributed by atoms with Crippen molar-refractivity contribution in [1.82, 2.24) is 10.2 Å². The standard InChI is InChI=1S/C13H16ClIN2O.ClH/c1-8-7-17(9(2)6-16-8)13(18)11-5-10(14)3-4-12(11)15;/h3-5,8-9,16H,6-7H2,1-2H3;1H. The minimum atomic E-state index is 0. The molecule has 2 rings (SSSR count). The average Bonchev–Trinajstić information content (AvgIpc) is 2.34. The van der Waals surface area contributed by atoms with Crippen LogP contribution in [0.1, 0.15) is 24.2 Å². The lowest BCUT2D eigenvalue weighted by atomic mass is 10.1. The van der Waals surface area contributed by atoms with Crippen molar-refractivity contribution < 1.29 is 4.79 Å². The second-order valence-electron chi connectivity index (χ2n) is 4.74. The minimum absolute atomic E-state index is 0. The fourth-order valence-corrected chi connectivity index (χ4v) is 2.86. The first-order valence-electron chi connectivity index (χ1n) is 5.98. The van der Waals surface area contributed by atoms with Gasteiger partial charge in [0.15, 0.2) is 0 Å². The van der Waals surface area contributed by atoms with E-state index in [1.807, 2.05) is 17.0 Å². The maximum Gasteiger partial charge on any atom is 0.255 e. The predicted octanol–water partition coefficient (Wildman–Crippen LogP) is 3.19. The number of rotatable bonds is 1.